The van der Waals surface area contributed by atoms with Crippen molar-refractivity contribution in [1.29, 1.82) is 0 Å². The highest BCUT2D eigenvalue weighted by atomic mass is 35.5. The number of pyridine rings is 2. The molecule has 30 heavy (non-hydrogen) atoms. The molecule has 10 nitrogen and oxygen atoms in total. The van der Waals surface area contributed by atoms with Crippen molar-refractivity contribution in [3.63, 3.8) is 0 Å². The van der Waals surface area contributed by atoms with Crippen LogP contribution in [0.15, 0.2) is 30.6 Å². The zero-order valence-corrected chi connectivity index (χ0v) is 16.9. The largest absolute Gasteiger partial charge is 0.441 e. The maximum atomic E-state index is 14.3. The standard InChI is InChI=1S/C18H17ClFN7O3/c1-9(11-5-4-6-21-16(11)19)30-18(29)24-17-15(25-26-27(17)3)13-7-12(20)14(8-22-13)23-10(2)28/h4-9H,1-3H3,(H,23,28)(H,24,29)/t9-/m1/s1. The van der Waals surface area contributed by atoms with E-state index in [9.17, 15) is 14.0 Å². The van der Waals surface area contributed by atoms with Gasteiger partial charge in [-0.2, -0.15) is 0 Å². The van der Waals surface area contributed by atoms with Crippen LogP contribution in [0.5, 0.6) is 0 Å². The van der Waals surface area contributed by atoms with Crippen LogP contribution in [-0.2, 0) is 16.6 Å². The molecule has 2 amide bonds. The van der Waals surface area contributed by atoms with Crippen LogP contribution < -0.4 is 10.6 Å². The van der Waals surface area contributed by atoms with Crippen LogP contribution in [0.3, 0.4) is 0 Å². The summed E-state index contributed by atoms with van der Waals surface area (Å²) in [6, 6.07) is 4.43. The van der Waals surface area contributed by atoms with E-state index in [0.717, 1.165) is 12.3 Å². The van der Waals surface area contributed by atoms with Gasteiger partial charge >= 0.3 is 6.09 Å². The lowest BCUT2D eigenvalue weighted by Gasteiger charge is -2.15. The van der Waals surface area contributed by atoms with Crippen molar-refractivity contribution in [1.82, 2.24) is 25.0 Å². The second kappa shape index (κ2) is 8.82. The highest BCUT2D eigenvalue weighted by Gasteiger charge is 2.21. The van der Waals surface area contributed by atoms with Crippen molar-refractivity contribution in [2.45, 2.75) is 20.0 Å². The Hall–Kier alpha value is -3.60. The van der Waals surface area contributed by atoms with Gasteiger partial charge in [0.1, 0.15) is 11.3 Å². The lowest BCUT2D eigenvalue weighted by Crippen LogP contribution is -2.18. The van der Waals surface area contributed by atoms with Crippen LogP contribution in [0, 0.1) is 5.82 Å². The van der Waals surface area contributed by atoms with Gasteiger partial charge < -0.3 is 10.1 Å². The number of anilines is 2. The topological polar surface area (TPSA) is 124 Å². The normalized spacial score (nSPS) is 11.6. The van der Waals surface area contributed by atoms with E-state index in [1.165, 1.54) is 24.9 Å². The lowest BCUT2D eigenvalue weighted by atomic mass is 10.2. The maximum Gasteiger partial charge on any atom is 0.413 e. The molecule has 2 N–H and O–H groups in total. The summed E-state index contributed by atoms with van der Waals surface area (Å²) in [6.07, 6.45) is 1.19. The number of carbonyl (C=O) groups is 2. The van der Waals surface area contributed by atoms with Gasteiger partial charge in [-0.25, -0.2) is 18.9 Å². The number of ether oxygens (including phenoxy) is 1. The van der Waals surface area contributed by atoms with E-state index in [0.29, 0.717) is 5.56 Å². The van der Waals surface area contributed by atoms with Crippen LogP contribution in [0.4, 0.5) is 20.7 Å². The molecule has 0 saturated carbocycles. The van der Waals surface area contributed by atoms with Crippen LogP contribution >= 0.6 is 11.6 Å². The van der Waals surface area contributed by atoms with Gasteiger partial charge in [0.05, 0.1) is 17.6 Å². The minimum Gasteiger partial charge on any atom is -0.441 e. The van der Waals surface area contributed by atoms with E-state index in [1.54, 1.807) is 19.1 Å². The maximum absolute atomic E-state index is 14.3. The van der Waals surface area contributed by atoms with Crippen molar-refractivity contribution in [2.75, 3.05) is 10.6 Å². The van der Waals surface area contributed by atoms with Gasteiger partial charge in [0.25, 0.3) is 0 Å². The fraction of sp³-hybridized carbons (Fsp3) is 0.222. The molecule has 0 fully saturated rings. The van der Waals surface area contributed by atoms with E-state index < -0.39 is 23.9 Å². The summed E-state index contributed by atoms with van der Waals surface area (Å²) in [6.45, 7) is 2.89. The molecule has 3 aromatic rings. The summed E-state index contributed by atoms with van der Waals surface area (Å²) in [4.78, 5) is 31.5. The van der Waals surface area contributed by atoms with E-state index in [1.807, 2.05) is 0 Å². The van der Waals surface area contributed by atoms with E-state index >= 15 is 0 Å². The molecular formula is C18H17ClFN7O3. The zero-order chi connectivity index (χ0) is 21.8. The number of carbonyl (C=O) groups excluding carboxylic acids is 2. The third-order valence-electron chi connectivity index (χ3n) is 3.96. The van der Waals surface area contributed by atoms with Crippen LogP contribution in [0.1, 0.15) is 25.5 Å². The quantitative estimate of drug-likeness (QED) is 0.591. The predicted molar refractivity (Wildman–Crippen MR) is 106 cm³/mol. The van der Waals surface area contributed by atoms with Gasteiger partial charge in [0, 0.05) is 31.8 Å². The monoisotopic (exact) mass is 433 g/mol. The number of nitrogens with one attached hydrogen (secondary N) is 2. The van der Waals surface area contributed by atoms with Crippen molar-refractivity contribution < 1.29 is 18.7 Å². The minimum absolute atomic E-state index is 0.0776. The van der Waals surface area contributed by atoms with E-state index in [2.05, 4.69) is 30.9 Å². The Morgan fingerprint density at radius 2 is 2.07 bits per heavy atom. The highest BCUT2D eigenvalue weighted by Crippen LogP contribution is 2.27. The molecule has 12 heteroatoms. The number of aryl methyl sites for hydroxylation is 1. The molecule has 156 valence electrons. The number of rotatable bonds is 5. The Morgan fingerprint density at radius 1 is 1.30 bits per heavy atom. The van der Waals surface area contributed by atoms with E-state index in [-0.39, 0.29) is 28.0 Å². The molecule has 0 bridgehead atoms. The van der Waals surface area contributed by atoms with Crippen LogP contribution in [0.25, 0.3) is 11.4 Å². The molecule has 0 saturated heterocycles. The first-order valence-corrected chi connectivity index (χ1v) is 9.05. The lowest BCUT2D eigenvalue weighted by molar-refractivity contribution is -0.114. The number of hydrogen-bond donors (Lipinski definition) is 2. The smallest absolute Gasteiger partial charge is 0.413 e. The Balaban J connectivity index is 1.79. The first-order chi connectivity index (χ1) is 14.3. The molecule has 3 rings (SSSR count). The van der Waals surface area contributed by atoms with Crippen molar-refractivity contribution >= 4 is 35.1 Å². The zero-order valence-electron chi connectivity index (χ0n) is 16.2. The summed E-state index contributed by atoms with van der Waals surface area (Å²) in [5.74, 6) is -1.01. The van der Waals surface area contributed by atoms with Crippen LogP contribution in [-0.4, -0.2) is 37.0 Å². The summed E-state index contributed by atoms with van der Waals surface area (Å²) < 4.78 is 20.9. The summed E-state index contributed by atoms with van der Waals surface area (Å²) >= 11 is 6.02. The van der Waals surface area contributed by atoms with Crippen LogP contribution in [0.2, 0.25) is 5.15 Å². The SMILES string of the molecule is CC(=O)Nc1cnc(-c2nnn(C)c2NC(=O)O[C@H](C)c2cccnc2Cl)cc1F. The molecule has 0 aliphatic carbocycles. The molecule has 1 atom stereocenters. The summed E-state index contributed by atoms with van der Waals surface area (Å²) in [5.41, 5.74) is 0.685. The number of nitrogens with zero attached hydrogens (tertiary/aromatic N) is 5. The first kappa shape index (κ1) is 21.1. The number of hydrogen-bond acceptors (Lipinski definition) is 7. The van der Waals surface area contributed by atoms with Gasteiger partial charge in [-0.15, -0.1) is 5.10 Å². The van der Waals surface area contributed by atoms with Crippen molar-refractivity contribution in [3.05, 3.63) is 47.1 Å². The molecule has 0 aliphatic rings. The van der Waals surface area contributed by atoms with Gasteiger partial charge in [-0.3, -0.25) is 15.1 Å². The summed E-state index contributed by atoms with van der Waals surface area (Å²) in [5, 5.41) is 12.8. The Kier molecular flexibility index (Phi) is 6.21. The average Bonchev–Trinajstić information content (AvgIpc) is 3.03. The van der Waals surface area contributed by atoms with Gasteiger partial charge in [-0.05, 0) is 13.0 Å². The second-order valence-electron chi connectivity index (χ2n) is 6.20. The Morgan fingerprint density at radius 3 is 2.73 bits per heavy atom. The third-order valence-corrected chi connectivity index (χ3v) is 4.28. The number of aromatic nitrogens is 5. The first-order valence-electron chi connectivity index (χ1n) is 8.67. The summed E-state index contributed by atoms with van der Waals surface area (Å²) in [7, 11) is 1.54. The molecule has 0 radical (unpaired) electrons. The van der Waals surface area contributed by atoms with Crippen molar-refractivity contribution in [3.8, 4) is 11.4 Å². The fourth-order valence-corrected chi connectivity index (χ4v) is 2.84. The molecule has 0 spiro atoms. The van der Waals surface area contributed by atoms with Gasteiger partial charge in [0.2, 0.25) is 5.91 Å². The minimum atomic E-state index is -0.801. The highest BCUT2D eigenvalue weighted by molar-refractivity contribution is 6.30. The molecule has 3 heterocycles. The van der Waals surface area contributed by atoms with Gasteiger partial charge in [-0.1, -0.05) is 22.9 Å². The molecule has 0 aliphatic heterocycles. The van der Waals surface area contributed by atoms with Crippen molar-refractivity contribution in [2.24, 2.45) is 7.05 Å². The second-order valence-corrected chi connectivity index (χ2v) is 6.55. The molecule has 3 aromatic heterocycles. The molecule has 0 unspecified atom stereocenters. The number of amides is 2. The molecular weight excluding hydrogens is 417 g/mol. The average molecular weight is 434 g/mol. The Labute approximate surface area is 175 Å². The van der Waals surface area contributed by atoms with Gasteiger partial charge in [0.15, 0.2) is 17.3 Å². The Bertz CT molecular complexity index is 1110. The number of halogens is 2. The van der Waals surface area contributed by atoms with E-state index in [4.69, 9.17) is 16.3 Å². The fourth-order valence-electron chi connectivity index (χ4n) is 2.56. The molecule has 0 aromatic carbocycles. The third kappa shape index (κ3) is 4.69. The predicted octanol–water partition coefficient (Wildman–Crippen LogP) is 3.33.